The van der Waals surface area contributed by atoms with Crippen LogP contribution in [0.15, 0.2) is 89.9 Å². The number of nitro benzene ring substituents is 1. The normalized spacial score (nSPS) is 11.4. The molecule has 0 aliphatic carbocycles. The number of carboxylic acid groups (broad SMARTS) is 1. The molecule has 2 amide bonds. The summed E-state index contributed by atoms with van der Waals surface area (Å²) in [5.74, 6) is -1.51. The van der Waals surface area contributed by atoms with Gasteiger partial charge in [-0.2, -0.15) is 0 Å². The predicted molar refractivity (Wildman–Crippen MR) is 147 cm³/mol. The van der Waals surface area contributed by atoms with Crippen molar-refractivity contribution < 1.29 is 19.6 Å². The van der Waals surface area contributed by atoms with Crippen LogP contribution in [0.1, 0.15) is 22.6 Å². The van der Waals surface area contributed by atoms with Crippen LogP contribution in [0.2, 0.25) is 5.02 Å². The molecule has 0 aliphatic rings. The van der Waals surface area contributed by atoms with Gasteiger partial charge in [0.05, 0.1) is 16.4 Å². The molecule has 0 spiro atoms. The molecule has 1 aromatic heterocycles. The smallest absolute Gasteiger partial charge is 0.409 e. The van der Waals surface area contributed by atoms with Crippen molar-refractivity contribution in [2.45, 2.75) is 18.9 Å². The number of anilines is 1. The van der Waals surface area contributed by atoms with E-state index in [-0.39, 0.29) is 40.4 Å². The van der Waals surface area contributed by atoms with Crippen LogP contribution in [-0.4, -0.2) is 27.0 Å². The Hall–Kier alpha value is -4.96. The molecule has 10 nitrogen and oxygen atoms in total. The lowest BCUT2D eigenvalue weighted by Crippen LogP contribution is -2.34. The maximum atomic E-state index is 13.7. The molecule has 0 aliphatic heterocycles. The van der Waals surface area contributed by atoms with Crippen LogP contribution in [0.4, 0.5) is 16.2 Å². The number of nitro groups is 1. The molecule has 4 rings (SSSR count). The molecule has 0 saturated carbocycles. The maximum Gasteiger partial charge on any atom is 0.409 e. The summed E-state index contributed by atoms with van der Waals surface area (Å²) < 4.78 is 0. The van der Waals surface area contributed by atoms with E-state index in [4.69, 9.17) is 16.7 Å². The number of carbonyl (C=O) groups excluding carboxylic acids is 1. The number of nitrogens with one attached hydrogen (secondary N) is 3. The van der Waals surface area contributed by atoms with Crippen molar-refractivity contribution in [3.8, 4) is 11.1 Å². The van der Waals surface area contributed by atoms with Gasteiger partial charge in [-0.15, -0.1) is 0 Å². The summed E-state index contributed by atoms with van der Waals surface area (Å²) in [5, 5.41) is 26.1. The fourth-order valence-electron chi connectivity index (χ4n) is 4.33. The number of rotatable bonds is 9. The lowest BCUT2D eigenvalue weighted by Gasteiger charge is -2.20. The van der Waals surface area contributed by atoms with E-state index in [0.29, 0.717) is 11.3 Å². The van der Waals surface area contributed by atoms with Crippen molar-refractivity contribution >= 4 is 35.0 Å². The summed E-state index contributed by atoms with van der Waals surface area (Å²) in [7, 11) is 0. The summed E-state index contributed by atoms with van der Waals surface area (Å²) >= 11 is 6.17. The molecular weight excluding hydrogens is 524 g/mol. The third-order valence-corrected chi connectivity index (χ3v) is 6.27. The van der Waals surface area contributed by atoms with E-state index < -0.39 is 28.4 Å². The maximum absolute atomic E-state index is 13.7. The van der Waals surface area contributed by atoms with E-state index in [2.05, 4.69) is 15.6 Å². The summed E-state index contributed by atoms with van der Waals surface area (Å²) in [6.45, 7) is 0.0522. The third-order valence-electron chi connectivity index (χ3n) is 6.04. The predicted octanol–water partition coefficient (Wildman–Crippen LogP) is 5.34. The number of amides is 2. The first-order valence-corrected chi connectivity index (χ1v) is 12.2. The Bertz CT molecular complexity index is 1590. The van der Waals surface area contributed by atoms with Gasteiger partial charge >= 0.3 is 6.09 Å². The summed E-state index contributed by atoms with van der Waals surface area (Å²) in [5.41, 5.74) is 1.32. The third kappa shape index (κ3) is 6.68. The van der Waals surface area contributed by atoms with Crippen LogP contribution in [0, 0.1) is 10.1 Å². The molecular formula is C28H23ClN4O6. The number of hydrogen-bond acceptors (Lipinski definition) is 5. The quantitative estimate of drug-likeness (QED) is 0.164. The summed E-state index contributed by atoms with van der Waals surface area (Å²) in [4.78, 5) is 51.7. The number of nitrogens with zero attached hydrogens (tertiary/aromatic N) is 1. The first-order valence-electron chi connectivity index (χ1n) is 11.8. The second kappa shape index (κ2) is 12.1. The monoisotopic (exact) mass is 546 g/mol. The first kappa shape index (κ1) is 27.1. The zero-order valence-electron chi connectivity index (χ0n) is 20.4. The molecule has 11 heteroatoms. The fourth-order valence-corrected chi connectivity index (χ4v) is 4.50. The van der Waals surface area contributed by atoms with Crippen LogP contribution in [0.25, 0.3) is 11.1 Å². The zero-order chi connectivity index (χ0) is 27.9. The van der Waals surface area contributed by atoms with Gasteiger partial charge < -0.3 is 15.4 Å². The van der Waals surface area contributed by atoms with E-state index in [1.807, 2.05) is 30.3 Å². The number of aromatic amines is 1. The molecule has 0 saturated heterocycles. The minimum atomic E-state index is -1.22. The number of benzene rings is 3. The van der Waals surface area contributed by atoms with E-state index in [0.717, 1.165) is 5.56 Å². The molecule has 0 fully saturated rings. The topological polar surface area (TPSA) is 154 Å². The second-order valence-electron chi connectivity index (χ2n) is 8.64. The van der Waals surface area contributed by atoms with Gasteiger partial charge in [0.1, 0.15) is 0 Å². The van der Waals surface area contributed by atoms with Crippen LogP contribution in [0.5, 0.6) is 0 Å². The SMILES string of the molecule is O=C(O)Nc1cccc(CNC(=O)C(Cc2ccccc2)c2c(-c3cc(Cl)ccc3[N+](=O)[O-])cc[nH]c2=O)c1. The van der Waals surface area contributed by atoms with Gasteiger partial charge in [-0.1, -0.05) is 54.1 Å². The van der Waals surface area contributed by atoms with Gasteiger partial charge in [-0.3, -0.25) is 25.0 Å². The van der Waals surface area contributed by atoms with Crippen molar-refractivity contribution in [3.05, 3.63) is 127 Å². The molecule has 0 radical (unpaired) electrons. The number of carbonyl (C=O) groups is 2. The van der Waals surface area contributed by atoms with Crippen LogP contribution in [0.3, 0.4) is 0 Å². The number of hydrogen-bond donors (Lipinski definition) is 4. The number of aromatic nitrogens is 1. The minimum absolute atomic E-state index is 0.0522. The van der Waals surface area contributed by atoms with E-state index in [9.17, 15) is 24.5 Å². The van der Waals surface area contributed by atoms with Crippen LogP contribution >= 0.6 is 11.6 Å². The molecule has 4 N–H and O–H groups in total. The molecule has 4 aromatic rings. The zero-order valence-corrected chi connectivity index (χ0v) is 21.1. The molecule has 3 aromatic carbocycles. The Morgan fingerprint density at radius 2 is 1.72 bits per heavy atom. The Morgan fingerprint density at radius 3 is 2.44 bits per heavy atom. The first-order chi connectivity index (χ1) is 18.7. The standard InChI is InChI=1S/C28H23ClN4O6/c29-19-9-10-24(33(38)39)22(15-19)21-11-12-30-27(35)25(21)23(14-17-5-2-1-3-6-17)26(34)31-16-18-7-4-8-20(13-18)32-28(36)37/h1-13,15,23,32H,14,16H2,(H,30,35)(H,31,34)(H,36,37). The van der Waals surface area contributed by atoms with Crippen LogP contribution < -0.4 is 16.2 Å². The Morgan fingerprint density at radius 1 is 0.974 bits per heavy atom. The highest BCUT2D eigenvalue weighted by atomic mass is 35.5. The van der Waals surface area contributed by atoms with Gasteiger partial charge in [0.15, 0.2) is 0 Å². The number of halogens is 1. The molecule has 1 atom stereocenters. The Labute approximate surface area is 227 Å². The minimum Gasteiger partial charge on any atom is -0.465 e. The van der Waals surface area contributed by atoms with Crippen molar-refractivity contribution in [1.29, 1.82) is 0 Å². The number of H-pyrrole nitrogens is 1. The van der Waals surface area contributed by atoms with Gasteiger partial charge in [-0.05, 0) is 53.4 Å². The summed E-state index contributed by atoms with van der Waals surface area (Å²) in [6.07, 6.45) is 0.288. The molecule has 39 heavy (non-hydrogen) atoms. The highest BCUT2D eigenvalue weighted by Crippen LogP contribution is 2.36. The van der Waals surface area contributed by atoms with Crippen molar-refractivity contribution in [3.63, 3.8) is 0 Å². The Kier molecular flexibility index (Phi) is 8.37. The van der Waals surface area contributed by atoms with Gasteiger partial charge in [0, 0.05) is 35.1 Å². The average Bonchev–Trinajstić information content (AvgIpc) is 2.91. The highest BCUT2D eigenvalue weighted by molar-refractivity contribution is 6.31. The van der Waals surface area contributed by atoms with Crippen molar-refractivity contribution in [2.24, 2.45) is 0 Å². The number of pyridine rings is 1. The van der Waals surface area contributed by atoms with E-state index in [1.165, 1.54) is 30.5 Å². The van der Waals surface area contributed by atoms with Crippen molar-refractivity contribution in [1.82, 2.24) is 10.3 Å². The lowest BCUT2D eigenvalue weighted by atomic mass is 9.86. The summed E-state index contributed by atoms with van der Waals surface area (Å²) in [6, 6.07) is 21.2. The van der Waals surface area contributed by atoms with Gasteiger partial charge in [0.2, 0.25) is 5.91 Å². The van der Waals surface area contributed by atoms with Crippen molar-refractivity contribution in [2.75, 3.05) is 5.32 Å². The highest BCUT2D eigenvalue weighted by Gasteiger charge is 2.29. The van der Waals surface area contributed by atoms with Crippen LogP contribution in [-0.2, 0) is 17.8 Å². The lowest BCUT2D eigenvalue weighted by molar-refractivity contribution is -0.384. The average molecular weight is 547 g/mol. The molecule has 198 valence electrons. The van der Waals surface area contributed by atoms with E-state index in [1.54, 1.807) is 24.3 Å². The molecule has 0 bridgehead atoms. The van der Waals surface area contributed by atoms with E-state index >= 15 is 0 Å². The Balaban J connectivity index is 1.76. The van der Waals surface area contributed by atoms with Gasteiger partial charge in [0.25, 0.3) is 11.2 Å². The molecule has 1 unspecified atom stereocenters. The van der Waals surface area contributed by atoms with Gasteiger partial charge in [-0.25, -0.2) is 4.79 Å². The molecule has 1 heterocycles. The fraction of sp³-hybridized carbons (Fsp3) is 0.107. The second-order valence-corrected chi connectivity index (χ2v) is 9.08. The largest absolute Gasteiger partial charge is 0.465 e.